The topological polar surface area (TPSA) is 41.6 Å². The van der Waals surface area contributed by atoms with Crippen LogP contribution in [0.4, 0.5) is 5.69 Å². The van der Waals surface area contributed by atoms with Crippen LogP contribution < -0.4 is 5.32 Å². The molecule has 0 radical (unpaired) electrons. The molecule has 0 saturated heterocycles. The Morgan fingerprint density at radius 2 is 1.77 bits per heavy atom. The number of nitrogens with one attached hydrogen (secondary N) is 1. The van der Waals surface area contributed by atoms with E-state index in [1.54, 1.807) is 7.11 Å². The van der Waals surface area contributed by atoms with Gasteiger partial charge in [-0.1, -0.05) is 54.6 Å². The Bertz CT molecular complexity index is 933. The zero-order valence-electron chi connectivity index (χ0n) is 14.8. The van der Waals surface area contributed by atoms with E-state index in [2.05, 4.69) is 35.6 Å². The lowest BCUT2D eigenvalue weighted by molar-refractivity contribution is 0.0661. The molecule has 4 heteroatoms. The van der Waals surface area contributed by atoms with Gasteiger partial charge in [-0.15, -0.1) is 0 Å². The molecule has 3 aromatic rings. The van der Waals surface area contributed by atoms with Crippen LogP contribution in [0.3, 0.4) is 0 Å². The van der Waals surface area contributed by atoms with E-state index in [0.717, 1.165) is 28.6 Å². The van der Waals surface area contributed by atoms with Gasteiger partial charge in [-0.3, -0.25) is 4.79 Å². The van der Waals surface area contributed by atoms with Crippen LogP contribution in [0.15, 0.2) is 66.7 Å². The molecule has 0 aromatic heterocycles. The predicted molar refractivity (Wildman–Crippen MR) is 104 cm³/mol. The van der Waals surface area contributed by atoms with Gasteiger partial charge in [0.25, 0.3) is 5.91 Å². The molecule has 1 amide bonds. The summed E-state index contributed by atoms with van der Waals surface area (Å²) in [5, 5.41) is 5.92. The second kappa shape index (κ2) is 7.18. The zero-order chi connectivity index (χ0) is 17.9. The van der Waals surface area contributed by atoms with Gasteiger partial charge in [-0.25, -0.2) is 0 Å². The number of fused-ring (bicyclic) bond motifs is 2. The Kier molecular flexibility index (Phi) is 4.59. The van der Waals surface area contributed by atoms with E-state index in [4.69, 9.17) is 4.74 Å². The summed E-state index contributed by atoms with van der Waals surface area (Å²) < 4.78 is 5.19. The Morgan fingerprint density at radius 3 is 2.65 bits per heavy atom. The highest BCUT2D eigenvalue weighted by Gasteiger charge is 2.33. The van der Waals surface area contributed by atoms with E-state index < -0.39 is 0 Å². The fourth-order valence-corrected chi connectivity index (χ4v) is 3.64. The fraction of sp³-hybridized carbons (Fsp3) is 0.227. The molecule has 0 bridgehead atoms. The molecule has 3 aromatic carbocycles. The van der Waals surface area contributed by atoms with Crippen molar-refractivity contribution in [2.24, 2.45) is 0 Å². The highest BCUT2D eigenvalue weighted by molar-refractivity contribution is 6.02. The molecule has 1 aliphatic rings. The number of carbonyl (C=O) groups is 1. The molecule has 4 nitrogen and oxygen atoms in total. The van der Waals surface area contributed by atoms with Gasteiger partial charge in [0, 0.05) is 31.5 Å². The van der Waals surface area contributed by atoms with Gasteiger partial charge in [0.05, 0.1) is 5.56 Å². The fourth-order valence-electron chi connectivity index (χ4n) is 3.64. The molecule has 1 heterocycles. The van der Waals surface area contributed by atoms with Crippen LogP contribution in [0.25, 0.3) is 10.8 Å². The number of carbonyl (C=O) groups excluding carboxylic acids is 1. The molecule has 1 aliphatic heterocycles. The van der Waals surface area contributed by atoms with E-state index in [-0.39, 0.29) is 12.1 Å². The second-order valence-electron chi connectivity index (χ2n) is 6.51. The van der Waals surface area contributed by atoms with Gasteiger partial charge in [-0.05, 0) is 29.3 Å². The Morgan fingerprint density at radius 1 is 1.00 bits per heavy atom. The Labute approximate surface area is 153 Å². The molecular formula is C22H22N2O2. The number of anilines is 1. The minimum absolute atomic E-state index is 0.0633. The van der Waals surface area contributed by atoms with Crippen LogP contribution in [0.2, 0.25) is 0 Å². The maximum atomic E-state index is 13.2. The summed E-state index contributed by atoms with van der Waals surface area (Å²) in [6, 6.07) is 22.3. The van der Waals surface area contributed by atoms with Crippen molar-refractivity contribution < 1.29 is 9.53 Å². The lowest BCUT2D eigenvalue weighted by Gasteiger charge is -2.38. The van der Waals surface area contributed by atoms with Crippen molar-refractivity contribution in [1.29, 1.82) is 0 Å². The SMILES string of the molecule is COCCCN1C(=O)c2ccccc2NC1c1cccc2ccccc12. The van der Waals surface area contributed by atoms with Crippen molar-refractivity contribution in [1.82, 2.24) is 4.90 Å². The monoisotopic (exact) mass is 346 g/mol. The number of hydrogen-bond acceptors (Lipinski definition) is 3. The number of rotatable bonds is 5. The molecule has 132 valence electrons. The maximum Gasteiger partial charge on any atom is 0.257 e. The van der Waals surface area contributed by atoms with Crippen molar-refractivity contribution in [3.63, 3.8) is 0 Å². The average Bonchev–Trinajstić information content (AvgIpc) is 2.69. The number of ether oxygens (including phenoxy) is 1. The summed E-state index contributed by atoms with van der Waals surface area (Å²) in [5.41, 5.74) is 2.73. The van der Waals surface area contributed by atoms with Gasteiger partial charge in [-0.2, -0.15) is 0 Å². The van der Waals surface area contributed by atoms with E-state index in [1.807, 2.05) is 41.3 Å². The molecule has 0 aliphatic carbocycles. The molecule has 1 atom stereocenters. The summed E-state index contributed by atoms with van der Waals surface area (Å²) in [4.78, 5) is 15.1. The van der Waals surface area contributed by atoms with Crippen molar-refractivity contribution in [3.05, 3.63) is 77.9 Å². The Balaban J connectivity index is 1.79. The van der Waals surface area contributed by atoms with Crippen molar-refractivity contribution in [2.75, 3.05) is 25.6 Å². The largest absolute Gasteiger partial charge is 0.385 e. The lowest BCUT2D eigenvalue weighted by atomic mass is 9.98. The van der Waals surface area contributed by atoms with E-state index in [9.17, 15) is 4.79 Å². The van der Waals surface area contributed by atoms with Crippen LogP contribution in [-0.4, -0.2) is 31.1 Å². The number of amides is 1. The summed E-state index contributed by atoms with van der Waals surface area (Å²) in [6.45, 7) is 1.27. The first kappa shape index (κ1) is 16.6. The number of hydrogen-bond donors (Lipinski definition) is 1. The minimum Gasteiger partial charge on any atom is -0.385 e. The van der Waals surface area contributed by atoms with Crippen LogP contribution in [0, 0.1) is 0 Å². The van der Waals surface area contributed by atoms with Gasteiger partial charge in [0.2, 0.25) is 0 Å². The molecule has 4 rings (SSSR count). The third-order valence-corrected chi connectivity index (χ3v) is 4.89. The summed E-state index contributed by atoms with van der Waals surface area (Å²) in [6.07, 6.45) is 0.605. The third-order valence-electron chi connectivity index (χ3n) is 4.89. The predicted octanol–water partition coefficient (Wildman–Crippen LogP) is 4.44. The molecular weight excluding hydrogens is 324 g/mol. The average molecular weight is 346 g/mol. The van der Waals surface area contributed by atoms with E-state index in [1.165, 1.54) is 5.39 Å². The van der Waals surface area contributed by atoms with E-state index >= 15 is 0 Å². The minimum atomic E-state index is -0.194. The van der Waals surface area contributed by atoms with Crippen LogP contribution in [0.5, 0.6) is 0 Å². The quantitative estimate of drug-likeness (QED) is 0.694. The number of para-hydroxylation sites is 1. The molecule has 1 N–H and O–H groups in total. The summed E-state index contributed by atoms with van der Waals surface area (Å²) >= 11 is 0. The highest BCUT2D eigenvalue weighted by Crippen LogP contribution is 2.35. The van der Waals surface area contributed by atoms with Crippen LogP contribution in [0.1, 0.15) is 28.5 Å². The van der Waals surface area contributed by atoms with Crippen molar-refractivity contribution in [2.45, 2.75) is 12.6 Å². The van der Waals surface area contributed by atoms with Gasteiger partial charge >= 0.3 is 0 Å². The first-order chi connectivity index (χ1) is 12.8. The first-order valence-corrected chi connectivity index (χ1v) is 8.93. The molecule has 0 spiro atoms. The zero-order valence-corrected chi connectivity index (χ0v) is 14.8. The highest BCUT2D eigenvalue weighted by atomic mass is 16.5. The van der Waals surface area contributed by atoms with Crippen LogP contribution in [-0.2, 0) is 4.74 Å². The number of benzene rings is 3. The van der Waals surface area contributed by atoms with Crippen molar-refractivity contribution in [3.8, 4) is 0 Å². The van der Waals surface area contributed by atoms with E-state index in [0.29, 0.717) is 13.2 Å². The molecule has 1 unspecified atom stereocenters. The number of methoxy groups -OCH3 is 1. The van der Waals surface area contributed by atoms with Crippen molar-refractivity contribution >= 4 is 22.4 Å². The van der Waals surface area contributed by atoms with Gasteiger partial charge < -0.3 is 15.0 Å². The first-order valence-electron chi connectivity index (χ1n) is 8.93. The summed E-state index contributed by atoms with van der Waals surface area (Å²) in [5.74, 6) is 0.0633. The Hall–Kier alpha value is -2.85. The normalized spacial score (nSPS) is 16.4. The number of nitrogens with zero attached hydrogens (tertiary/aromatic N) is 1. The molecule has 26 heavy (non-hydrogen) atoms. The van der Waals surface area contributed by atoms with Gasteiger partial charge in [0.1, 0.15) is 6.17 Å². The lowest BCUT2D eigenvalue weighted by Crippen LogP contribution is -2.43. The molecule has 0 saturated carbocycles. The molecule has 0 fully saturated rings. The maximum absolute atomic E-state index is 13.2. The second-order valence-corrected chi connectivity index (χ2v) is 6.51. The van der Waals surface area contributed by atoms with Gasteiger partial charge in [0.15, 0.2) is 0 Å². The third kappa shape index (κ3) is 2.93. The smallest absolute Gasteiger partial charge is 0.257 e. The summed E-state index contributed by atoms with van der Waals surface area (Å²) in [7, 11) is 1.69. The van der Waals surface area contributed by atoms with Crippen LogP contribution >= 0.6 is 0 Å². The standard InChI is InChI=1S/C22H22N2O2/c1-26-15-7-14-24-21(23-20-13-5-4-11-19(20)22(24)25)18-12-6-9-16-8-2-3-10-17(16)18/h2-6,8-13,21,23H,7,14-15H2,1H3.